The molecule has 21 heavy (non-hydrogen) atoms. The van der Waals surface area contributed by atoms with Gasteiger partial charge >= 0.3 is 5.97 Å². The van der Waals surface area contributed by atoms with Crippen molar-refractivity contribution in [2.75, 3.05) is 7.11 Å². The topological polar surface area (TPSA) is 59.4 Å². The van der Waals surface area contributed by atoms with Crippen molar-refractivity contribution in [1.29, 1.82) is 0 Å². The van der Waals surface area contributed by atoms with Gasteiger partial charge in [0, 0.05) is 18.1 Å². The molecule has 0 aliphatic carbocycles. The zero-order valence-corrected chi connectivity index (χ0v) is 12.8. The fourth-order valence-electron chi connectivity index (χ4n) is 2.03. The van der Waals surface area contributed by atoms with Gasteiger partial charge in [0.2, 0.25) is 0 Å². The van der Waals surface area contributed by atoms with Gasteiger partial charge in [0.15, 0.2) is 0 Å². The van der Waals surface area contributed by atoms with E-state index in [2.05, 4.69) is 4.98 Å². The Morgan fingerprint density at radius 2 is 2.19 bits per heavy atom. The van der Waals surface area contributed by atoms with Crippen LogP contribution in [0.2, 0.25) is 0 Å². The SMILES string of the molecule is CCc1nc(Cc2ccccc2OC)sc1/C=C/C(=O)O. The van der Waals surface area contributed by atoms with Crippen molar-refractivity contribution in [2.45, 2.75) is 19.8 Å². The van der Waals surface area contributed by atoms with Gasteiger partial charge in [-0.2, -0.15) is 0 Å². The number of para-hydroxylation sites is 1. The highest BCUT2D eigenvalue weighted by molar-refractivity contribution is 7.12. The second-order valence-corrected chi connectivity index (χ2v) is 5.55. The van der Waals surface area contributed by atoms with Crippen LogP contribution in [-0.4, -0.2) is 23.2 Å². The number of hydrogen-bond donors (Lipinski definition) is 1. The maximum Gasteiger partial charge on any atom is 0.328 e. The Hall–Kier alpha value is -2.14. The molecule has 1 aromatic heterocycles. The molecule has 0 amide bonds. The van der Waals surface area contributed by atoms with E-state index in [0.29, 0.717) is 6.42 Å². The van der Waals surface area contributed by atoms with Crippen LogP contribution in [0.4, 0.5) is 0 Å². The molecule has 0 unspecified atom stereocenters. The third-order valence-corrected chi connectivity index (χ3v) is 4.08. The highest BCUT2D eigenvalue weighted by Gasteiger charge is 2.10. The summed E-state index contributed by atoms with van der Waals surface area (Å²) in [7, 11) is 1.65. The molecule has 5 heteroatoms. The number of hydrogen-bond acceptors (Lipinski definition) is 4. The van der Waals surface area contributed by atoms with Crippen molar-refractivity contribution in [1.82, 2.24) is 4.98 Å². The van der Waals surface area contributed by atoms with Crippen LogP contribution < -0.4 is 4.74 Å². The number of aryl methyl sites for hydroxylation is 1. The normalized spacial score (nSPS) is 11.0. The molecular formula is C16H17NO3S. The first kappa shape index (κ1) is 15.3. The lowest BCUT2D eigenvalue weighted by molar-refractivity contribution is -0.131. The molecule has 2 aromatic rings. The maximum atomic E-state index is 10.6. The monoisotopic (exact) mass is 303 g/mol. The van der Waals surface area contributed by atoms with Crippen LogP contribution in [0, 0.1) is 0 Å². The van der Waals surface area contributed by atoms with E-state index in [-0.39, 0.29) is 0 Å². The minimum absolute atomic E-state index is 0.683. The molecule has 0 radical (unpaired) electrons. The van der Waals surface area contributed by atoms with Gasteiger partial charge in [-0.1, -0.05) is 25.1 Å². The Morgan fingerprint density at radius 1 is 1.43 bits per heavy atom. The number of aromatic nitrogens is 1. The molecule has 2 rings (SSSR count). The first-order valence-electron chi connectivity index (χ1n) is 6.65. The summed E-state index contributed by atoms with van der Waals surface area (Å²) in [5, 5.41) is 9.69. The molecular weight excluding hydrogens is 286 g/mol. The molecule has 0 aliphatic rings. The van der Waals surface area contributed by atoms with Crippen molar-refractivity contribution in [3.05, 3.63) is 51.5 Å². The number of methoxy groups -OCH3 is 1. The lowest BCUT2D eigenvalue weighted by Gasteiger charge is -2.05. The fourth-order valence-corrected chi connectivity index (χ4v) is 3.11. The van der Waals surface area contributed by atoms with Gasteiger partial charge < -0.3 is 9.84 Å². The molecule has 0 spiro atoms. The molecule has 0 saturated heterocycles. The standard InChI is InChI=1S/C16H17NO3S/c1-3-12-14(8-9-16(18)19)21-15(17-12)10-11-6-4-5-7-13(11)20-2/h4-9H,3,10H2,1-2H3,(H,18,19)/b9-8+. The van der Waals surface area contributed by atoms with Crippen molar-refractivity contribution in [3.63, 3.8) is 0 Å². The van der Waals surface area contributed by atoms with E-state index in [1.54, 1.807) is 13.2 Å². The highest BCUT2D eigenvalue weighted by Crippen LogP contribution is 2.26. The molecule has 0 fully saturated rings. The van der Waals surface area contributed by atoms with E-state index in [4.69, 9.17) is 9.84 Å². The second kappa shape index (κ2) is 7.04. The number of ether oxygens (including phenoxy) is 1. The van der Waals surface area contributed by atoms with Crippen LogP contribution >= 0.6 is 11.3 Å². The lowest BCUT2D eigenvalue weighted by Crippen LogP contribution is -1.93. The van der Waals surface area contributed by atoms with Gasteiger partial charge in [0.05, 0.1) is 22.7 Å². The van der Waals surface area contributed by atoms with Gasteiger partial charge in [-0.25, -0.2) is 9.78 Å². The Labute approximate surface area is 127 Å². The van der Waals surface area contributed by atoms with E-state index < -0.39 is 5.97 Å². The van der Waals surface area contributed by atoms with E-state index in [0.717, 1.165) is 39.4 Å². The minimum Gasteiger partial charge on any atom is -0.496 e. The van der Waals surface area contributed by atoms with Crippen LogP contribution in [0.5, 0.6) is 5.75 Å². The van der Waals surface area contributed by atoms with Crippen molar-refractivity contribution < 1.29 is 14.6 Å². The second-order valence-electron chi connectivity index (χ2n) is 4.43. The van der Waals surface area contributed by atoms with Gasteiger partial charge in [-0.15, -0.1) is 11.3 Å². The number of benzene rings is 1. The largest absolute Gasteiger partial charge is 0.496 e. The number of carbonyl (C=O) groups is 1. The number of carboxylic acid groups (broad SMARTS) is 1. The summed E-state index contributed by atoms with van der Waals surface area (Å²) in [6, 6.07) is 7.84. The molecule has 1 heterocycles. The van der Waals surface area contributed by atoms with Crippen LogP contribution in [0.25, 0.3) is 6.08 Å². The van der Waals surface area contributed by atoms with Crippen molar-refractivity contribution in [3.8, 4) is 5.75 Å². The fraction of sp³-hybridized carbons (Fsp3) is 0.250. The molecule has 1 aromatic carbocycles. The molecule has 4 nitrogen and oxygen atoms in total. The molecule has 0 aliphatic heterocycles. The maximum absolute atomic E-state index is 10.6. The van der Waals surface area contributed by atoms with Crippen LogP contribution in [-0.2, 0) is 17.6 Å². The predicted molar refractivity (Wildman–Crippen MR) is 84.0 cm³/mol. The first-order chi connectivity index (χ1) is 10.1. The molecule has 110 valence electrons. The smallest absolute Gasteiger partial charge is 0.328 e. The number of thiazole rings is 1. The van der Waals surface area contributed by atoms with Gasteiger partial charge in [-0.05, 0) is 18.6 Å². The number of nitrogens with zero attached hydrogens (tertiary/aromatic N) is 1. The van der Waals surface area contributed by atoms with E-state index >= 15 is 0 Å². The third-order valence-electron chi connectivity index (χ3n) is 3.02. The summed E-state index contributed by atoms with van der Waals surface area (Å²) in [6.07, 6.45) is 4.23. The van der Waals surface area contributed by atoms with Crippen molar-refractivity contribution in [2.24, 2.45) is 0 Å². The zero-order chi connectivity index (χ0) is 15.2. The molecule has 0 saturated carbocycles. The molecule has 0 bridgehead atoms. The summed E-state index contributed by atoms with van der Waals surface area (Å²) >= 11 is 1.52. The number of rotatable bonds is 6. The Balaban J connectivity index is 2.27. The van der Waals surface area contributed by atoms with Crippen LogP contribution in [0.1, 0.15) is 28.1 Å². The summed E-state index contributed by atoms with van der Waals surface area (Å²) < 4.78 is 5.35. The average Bonchev–Trinajstić information content (AvgIpc) is 2.87. The summed E-state index contributed by atoms with van der Waals surface area (Å²) in [4.78, 5) is 16.1. The van der Waals surface area contributed by atoms with E-state index in [1.165, 1.54) is 11.3 Å². The van der Waals surface area contributed by atoms with Gasteiger partial charge in [-0.3, -0.25) is 0 Å². The minimum atomic E-state index is -0.947. The third kappa shape index (κ3) is 3.92. The molecule has 0 atom stereocenters. The summed E-state index contributed by atoms with van der Waals surface area (Å²) in [6.45, 7) is 2.01. The summed E-state index contributed by atoms with van der Waals surface area (Å²) in [5.74, 6) is -0.106. The quantitative estimate of drug-likeness (QED) is 0.831. The zero-order valence-electron chi connectivity index (χ0n) is 12.0. The Morgan fingerprint density at radius 3 is 2.86 bits per heavy atom. The average molecular weight is 303 g/mol. The van der Waals surface area contributed by atoms with Crippen LogP contribution in [0.3, 0.4) is 0 Å². The van der Waals surface area contributed by atoms with E-state index in [1.807, 2.05) is 31.2 Å². The van der Waals surface area contributed by atoms with Gasteiger partial charge in [0.25, 0.3) is 0 Å². The summed E-state index contributed by atoms with van der Waals surface area (Å²) in [5.41, 5.74) is 2.01. The first-order valence-corrected chi connectivity index (χ1v) is 7.47. The Kier molecular flexibility index (Phi) is 5.11. The van der Waals surface area contributed by atoms with Gasteiger partial charge in [0.1, 0.15) is 5.75 Å². The van der Waals surface area contributed by atoms with Crippen LogP contribution in [0.15, 0.2) is 30.3 Å². The number of carboxylic acids is 1. The highest BCUT2D eigenvalue weighted by atomic mass is 32.1. The molecule has 1 N–H and O–H groups in total. The van der Waals surface area contributed by atoms with Crippen molar-refractivity contribution >= 4 is 23.4 Å². The Bertz CT molecular complexity index is 661. The van der Waals surface area contributed by atoms with E-state index in [9.17, 15) is 4.79 Å². The lowest BCUT2D eigenvalue weighted by atomic mass is 10.1. The number of aliphatic carboxylic acids is 1. The predicted octanol–water partition coefficient (Wildman–Crippen LogP) is 3.40.